The molecule has 1 aliphatic rings. The van der Waals surface area contributed by atoms with E-state index in [1.165, 1.54) is 25.1 Å². The van der Waals surface area contributed by atoms with Crippen molar-refractivity contribution in [2.24, 2.45) is 0 Å². The van der Waals surface area contributed by atoms with Gasteiger partial charge in [0.2, 0.25) is 0 Å². The number of carbonyl (C=O) groups excluding carboxylic acids is 1. The van der Waals surface area contributed by atoms with Crippen molar-refractivity contribution in [1.29, 1.82) is 0 Å². The lowest BCUT2D eigenvalue weighted by Gasteiger charge is -2.31. The minimum Gasteiger partial charge on any atom is -0.479 e. The zero-order valence-corrected chi connectivity index (χ0v) is 17.7. The second-order valence-electron chi connectivity index (χ2n) is 7.10. The van der Waals surface area contributed by atoms with Crippen molar-refractivity contribution in [3.8, 4) is 5.75 Å². The fourth-order valence-corrected chi connectivity index (χ4v) is 3.73. The number of ether oxygens (including phenoxy) is 1. The number of nitrogens with zero attached hydrogens (tertiary/aromatic N) is 1. The molecule has 0 aromatic heterocycles. The molecule has 2 aromatic carbocycles. The highest BCUT2D eigenvalue weighted by molar-refractivity contribution is 6.35. The lowest BCUT2D eigenvalue weighted by molar-refractivity contribution is -0.137. The molecular formula is C21H21Cl2F3N2O2. The third-order valence-electron chi connectivity index (χ3n) is 4.85. The van der Waals surface area contributed by atoms with Crippen LogP contribution in [-0.2, 0) is 11.0 Å². The quantitative estimate of drug-likeness (QED) is 0.560. The molecule has 0 radical (unpaired) electrons. The van der Waals surface area contributed by atoms with E-state index >= 15 is 0 Å². The minimum atomic E-state index is -4.52. The van der Waals surface area contributed by atoms with E-state index in [9.17, 15) is 18.0 Å². The van der Waals surface area contributed by atoms with Gasteiger partial charge in [0.15, 0.2) is 6.10 Å². The first-order valence-corrected chi connectivity index (χ1v) is 10.3. The van der Waals surface area contributed by atoms with Gasteiger partial charge < -0.3 is 15.0 Å². The van der Waals surface area contributed by atoms with Crippen molar-refractivity contribution in [2.45, 2.75) is 38.5 Å². The van der Waals surface area contributed by atoms with Crippen LogP contribution in [0.1, 0.15) is 31.7 Å². The molecule has 1 heterocycles. The highest BCUT2D eigenvalue weighted by Gasteiger charge is 2.32. The van der Waals surface area contributed by atoms with Crippen LogP contribution in [-0.4, -0.2) is 25.1 Å². The summed E-state index contributed by atoms with van der Waals surface area (Å²) in [6.07, 6.45) is -2.54. The molecule has 0 saturated carbocycles. The predicted octanol–water partition coefficient (Wildman–Crippen LogP) is 6.41. The Morgan fingerprint density at radius 1 is 1.10 bits per heavy atom. The summed E-state index contributed by atoms with van der Waals surface area (Å²) in [4.78, 5) is 14.7. The zero-order chi connectivity index (χ0) is 21.9. The van der Waals surface area contributed by atoms with Crippen molar-refractivity contribution >= 4 is 40.5 Å². The van der Waals surface area contributed by atoms with Gasteiger partial charge in [-0.2, -0.15) is 13.2 Å². The van der Waals surface area contributed by atoms with Crippen molar-refractivity contribution in [2.75, 3.05) is 23.3 Å². The summed E-state index contributed by atoms with van der Waals surface area (Å²) >= 11 is 11.9. The van der Waals surface area contributed by atoms with Crippen LogP contribution in [0.4, 0.5) is 24.5 Å². The van der Waals surface area contributed by atoms with E-state index in [0.29, 0.717) is 10.7 Å². The number of amides is 1. The number of rotatable bonds is 5. The first-order chi connectivity index (χ1) is 14.1. The number of halogens is 5. The first-order valence-electron chi connectivity index (χ1n) is 9.54. The molecule has 1 N–H and O–H groups in total. The fraction of sp³-hybridized carbons (Fsp3) is 0.381. The third kappa shape index (κ3) is 5.52. The van der Waals surface area contributed by atoms with E-state index in [2.05, 4.69) is 5.32 Å². The molecule has 0 spiro atoms. The van der Waals surface area contributed by atoms with Gasteiger partial charge in [0.1, 0.15) is 5.75 Å². The van der Waals surface area contributed by atoms with Gasteiger partial charge in [-0.25, -0.2) is 0 Å². The largest absolute Gasteiger partial charge is 0.479 e. The second-order valence-corrected chi connectivity index (χ2v) is 7.95. The summed E-state index contributed by atoms with van der Waals surface area (Å²) in [6, 6.07) is 7.97. The van der Waals surface area contributed by atoms with Crippen LogP contribution in [0.25, 0.3) is 0 Å². The molecule has 1 aliphatic heterocycles. The average Bonchev–Trinajstić information content (AvgIpc) is 2.70. The van der Waals surface area contributed by atoms with E-state index in [1.54, 1.807) is 6.07 Å². The molecule has 0 bridgehead atoms. The van der Waals surface area contributed by atoms with E-state index in [0.717, 1.165) is 44.5 Å². The van der Waals surface area contributed by atoms with Gasteiger partial charge in [0.25, 0.3) is 5.91 Å². The monoisotopic (exact) mass is 460 g/mol. The third-order valence-corrected chi connectivity index (χ3v) is 5.38. The van der Waals surface area contributed by atoms with Crippen molar-refractivity contribution in [3.63, 3.8) is 0 Å². The van der Waals surface area contributed by atoms with Gasteiger partial charge in [-0.05, 0) is 62.6 Å². The molecule has 3 rings (SSSR count). The number of hydrogen-bond donors (Lipinski definition) is 1. The van der Waals surface area contributed by atoms with Crippen molar-refractivity contribution in [3.05, 3.63) is 52.0 Å². The van der Waals surface area contributed by atoms with Crippen LogP contribution >= 0.6 is 23.2 Å². The Labute approximate surface area is 182 Å². The number of benzene rings is 2. The smallest absolute Gasteiger partial charge is 0.416 e. The highest BCUT2D eigenvalue weighted by Crippen LogP contribution is 2.36. The number of alkyl halides is 3. The molecule has 1 amide bonds. The van der Waals surface area contributed by atoms with Crippen molar-refractivity contribution < 1.29 is 22.7 Å². The number of piperidine rings is 1. The maximum Gasteiger partial charge on any atom is 0.416 e. The summed E-state index contributed by atoms with van der Waals surface area (Å²) in [5, 5.41) is 3.24. The average molecular weight is 461 g/mol. The van der Waals surface area contributed by atoms with Gasteiger partial charge in [-0.3, -0.25) is 4.79 Å². The Bertz CT molecular complexity index is 916. The molecule has 4 nitrogen and oxygen atoms in total. The van der Waals surface area contributed by atoms with Gasteiger partial charge in [0.05, 0.1) is 22.0 Å². The SMILES string of the molecule is CC(Oc1ccc(Cl)cc1Cl)C(=O)Nc1cc(C(F)(F)F)ccc1N1CCCCC1. The predicted molar refractivity (Wildman–Crippen MR) is 113 cm³/mol. The van der Waals surface area contributed by atoms with Gasteiger partial charge in [-0.1, -0.05) is 23.2 Å². The van der Waals surface area contributed by atoms with Gasteiger partial charge in [-0.15, -0.1) is 0 Å². The number of hydrogen-bond acceptors (Lipinski definition) is 3. The van der Waals surface area contributed by atoms with E-state index in [1.807, 2.05) is 4.90 Å². The van der Waals surface area contributed by atoms with Crippen LogP contribution < -0.4 is 15.0 Å². The van der Waals surface area contributed by atoms with Gasteiger partial charge in [0, 0.05) is 18.1 Å². The van der Waals surface area contributed by atoms with E-state index < -0.39 is 23.8 Å². The topological polar surface area (TPSA) is 41.6 Å². The second kappa shape index (κ2) is 9.35. The Morgan fingerprint density at radius 2 is 1.80 bits per heavy atom. The molecule has 1 fully saturated rings. The lowest BCUT2D eigenvalue weighted by Crippen LogP contribution is -2.33. The lowest BCUT2D eigenvalue weighted by atomic mass is 10.1. The molecular weight excluding hydrogens is 440 g/mol. The minimum absolute atomic E-state index is 0.106. The van der Waals surface area contributed by atoms with Crippen LogP contribution in [0, 0.1) is 0 Å². The molecule has 1 atom stereocenters. The van der Waals surface area contributed by atoms with Crippen LogP contribution in [0.15, 0.2) is 36.4 Å². The first kappa shape index (κ1) is 22.6. The normalized spacial score (nSPS) is 15.6. The summed E-state index contributed by atoms with van der Waals surface area (Å²) in [6.45, 7) is 2.94. The standard InChI is InChI=1S/C21H21Cl2F3N2O2/c1-13(30-19-8-6-15(22)12-16(19)23)20(29)27-17-11-14(21(24,25)26)5-7-18(17)28-9-3-2-4-10-28/h5-8,11-13H,2-4,9-10H2,1H3,(H,27,29). The summed E-state index contributed by atoms with van der Waals surface area (Å²) in [5.41, 5.74) is -0.157. The Hall–Kier alpha value is -2.12. The van der Waals surface area contributed by atoms with Crippen LogP contribution in [0.5, 0.6) is 5.75 Å². The molecule has 9 heteroatoms. The van der Waals surface area contributed by atoms with Crippen LogP contribution in [0.2, 0.25) is 10.0 Å². The van der Waals surface area contributed by atoms with E-state index in [4.69, 9.17) is 27.9 Å². The molecule has 1 saturated heterocycles. The molecule has 0 aliphatic carbocycles. The highest BCUT2D eigenvalue weighted by atomic mass is 35.5. The van der Waals surface area contributed by atoms with E-state index in [-0.39, 0.29) is 16.5 Å². The molecule has 2 aromatic rings. The maximum atomic E-state index is 13.2. The zero-order valence-electron chi connectivity index (χ0n) is 16.2. The summed E-state index contributed by atoms with van der Waals surface area (Å²) in [7, 11) is 0. The number of anilines is 2. The van der Waals surface area contributed by atoms with Crippen LogP contribution in [0.3, 0.4) is 0 Å². The maximum absolute atomic E-state index is 13.2. The van der Waals surface area contributed by atoms with Crippen molar-refractivity contribution in [1.82, 2.24) is 0 Å². The number of nitrogens with one attached hydrogen (secondary N) is 1. The Balaban J connectivity index is 1.82. The number of carbonyl (C=O) groups is 1. The summed E-state index contributed by atoms with van der Waals surface area (Å²) in [5.74, 6) is -0.331. The van der Waals surface area contributed by atoms with Gasteiger partial charge >= 0.3 is 6.18 Å². The fourth-order valence-electron chi connectivity index (χ4n) is 3.27. The summed E-state index contributed by atoms with van der Waals surface area (Å²) < 4.78 is 45.3. The Kier molecular flexibility index (Phi) is 7.03. The molecule has 30 heavy (non-hydrogen) atoms. The molecule has 162 valence electrons. The Morgan fingerprint density at radius 3 is 2.43 bits per heavy atom. The molecule has 1 unspecified atom stereocenters.